The van der Waals surface area contributed by atoms with E-state index in [1.54, 1.807) is 0 Å². The summed E-state index contributed by atoms with van der Waals surface area (Å²) in [6.45, 7) is 5.17. The van der Waals surface area contributed by atoms with Crippen LogP contribution in [0.2, 0.25) is 0 Å². The van der Waals surface area contributed by atoms with Gasteiger partial charge in [-0.15, -0.1) is 0 Å². The second-order valence-electron chi connectivity index (χ2n) is 4.99. The highest BCUT2D eigenvalue weighted by molar-refractivity contribution is 4.85. The predicted molar refractivity (Wildman–Crippen MR) is 61.7 cm³/mol. The lowest BCUT2D eigenvalue weighted by Gasteiger charge is -2.29. The maximum Gasteiger partial charge on any atom is 0.0880 e. The average Bonchev–Trinajstić information content (AvgIpc) is 2.65. The quantitative estimate of drug-likeness (QED) is 0.710. The van der Waals surface area contributed by atoms with Crippen molar-refractivity contribution in [3.63, 3.8) is 0 Å². The van der Waals surface area contributed by atoms with Crippen LogP contribution in [0.3, 0.4) is 0 Å². The van der Waals surface area contributed by atoms with Crippen molar-refractivity contribution in [2.45, 2.75) is 63.5 Å². The molecule has 0 aromatic carbocycles. The highest BCUT2D eigenvalue weighted by Gasteiger charge is 2.32. The first kappa shape index (κ1) is 12.9. The molecule has 1 aliphatic rings. The minimum absolute atomic E-state index is 0.213. The summed E-state index contributed by atoms with van der Waals surface area (Å²) >= 11 is 0. The first-order valence-corrected chi connectivity index (χ1v) is 6.13. The monoisotopic (exact) mass is 215 g/mol. The molecule has 1 fully saturated rings. The van der Waals surface area contributed by atoms with Crippen molar-refractivity contribution in [2.75, 3.05) is 13.2 Å². The topological polar surface area (TPSA) is 55.5 Å². The van der Waals surface area contributed by atoms with Crippen molar-refractivity contribution in [3.05, 3.63) is 0 Å². The van der Waals surface area contributed by atoms with Gasteiger partial charge in [-0.2, -0.15) is 0 Å². The van der Waals surface area contributed by atoms with Crippen LogP contribution in [0.25, 0.3) is 0 Å². The highest BCUT2D eigenvalue weighted by atomic mass is 16.5. The number of hydrogen-bond acceptors (Lipinski definition) is 3. The molecular weight excluding hydrogens is 190 g/mol. The summed E-state index contributed by atoms with van der Waals surface area (Å²) in [5.41, 5.74) is 5.34. The molecule has 0 aliphatic heterocycles. The fraction of sp³-hybridized carbons (Fsp3) is 1.00. The van der Waals surface area contributed by atoms with E-state index in [0.717, 1.165) is 38.5 Å². The van der Waals surface area contributed by atoms with Gasteiger partial charge in [0.1, 0.15) is 0 Å². The van der Waals surface area contributed by atoms with Gasteiger partial charge in [0.15, 0.2) is 0 Å². The van der Waals surface area contributed by atoms with E-state index < -0.39 is 5.60 Å². The van der Waals surface area contributed by atoms with Crippen LogP contribution in [-0.2, 0) is 4.74 Å². The number of nitrogens with two attached hydrogens (primary N) is 1. The molecule has 3 nitrogen and oxygen atoms in total. The first-order chi connectivity index (χ1) is 7.04. The lowest BCUT2D eigenvalue weighted by atomic mass is 9.95. The molecule has 0 unspecified atom stereocenters. The van der Waals surface area contributed by atoms with Crippen molar-refractivity contribution in [1.82, 2.24) is 0 Å². The van der Waals surface area contributed by atoms with E-state index in [1.807, 2.05) is 0 Å². The molecule has 0 aromatic rings. The summed E-state index contributed by atoms with van der Waals surface area (Å²) in [5.74, 6) is 0. The summed E-state index contributed by atoms with van der Waals surface area (Å²) in [4.78, 5) is 0. The van der Waals surface area contributed by atoms with Gasteiger partial charge in [0.25, 0.3) is 0 Å². The molecule has 3 N–H and O–H groups in total. The molecule has 0 radical (unpaired) electrons. The van der Waals surface area contributed by atoms with E-state index in [-0.39, 0.29) is 5.54 Å². The molecule has 1 saturated carbocycles. The summed E-state index contributed by atoms with van der Waals surface area (Å²) in [7, 11) is 0. The minimum Gasteiger partial charge on any atom is -0.387 e. The summed E-state index contributed by atoms with van der Waals surface area (Å²) in [6.07, 6.45) is 5.83. The SMILES string of the molecule is CCC(N)(CC)COCC1(O)CCCC1. The summed E-state index contributed by atoms with van der Waals surface area (Å²) in [5, 5.41) is 10.1. The van der Waals surface area contributed by atoms with Gasteiger partial charge < -0.3 is 15.6 Å². The van der Waals surface area contributed by atoms with Crippen molar-refractivity contribution in [2.24, 2.45) is 5.73 Å². The molecule has 0 bridgehead atoms. The third kappa shape index (κ3) is 3.74. The van der Waals surface area contributed by atoms with Crippen LogP contribution in [0.5, 0.6) is 0 Å². The van der Waals surface area contributed by atoms with Crippen molar-refractivity contribution >= 4 is 0 Å². The van der Waals surface area contributed by atoms with E-state index >= 15 is 0 Å². The smallest absolute Gasteiger partial charge is 0.0880 e. The van der Waals surface area contributed by atoms with Gasteiger partial charge in [-0.25, -0.2) is 0 Å². The Hall–Kier alpha value is -0.120. The van der Waals surface area contributed by atoms with Gasteiger partial charge in [-0.1, -0.05) is 26.7 Å². The van der Waals surface area contributed by atoms with Crippen molar-refractivity contribution < 1.29 is 9.84 Å². The molecule has 0 aromatic heterocycles. The molecular formula is C12H25NO2. The number of ether oxygens (including phenoxy) is 1. The third-order valence-corrected chi connectivity index (χ3v) is 3.70. The zero-order valence-corrected chi connectivity index (χ0v) is 10.1. The van der Waals surface area contributed by atoms with Crippen molar-refractivity contribution in [1.29, 1.82) is 0 Å². The van der Waals surface area contributed by atoms with E-state index in [1.165, 1.54) is 0 Å². The fourth-order valence-electron chi connectivity index (χ4n) is 2.08. The van der Waals surface area contributed by atoms with Gasteiger partial charge in [0, 0.05) is 5.54 Å². The Morgan fingerprint density at radius 3 is 2.27 bits per heavy atom. The van der Waals surface area contributed by atoms with Gasteiger partial charge >= 0.3 is 0 Å². The molecule has 15 heavy (non-hydrogen) atoms. The van der Waals surface area contributed by atoms with Crippen LogP contribution in [-0.4, -0.2) is 29.5 Å². The first-order valence-electron chi connectivity index (χ1n) is 6.13. The zero-order chi connectivity index (χ0) is 11.4. The van der Waals surface area contributed by atoms with E-state index in [2.05, 4.69) is 13.8 Å². The summed E-state index contributed by atoms with van der Waals surface area (Å²) < 4.78 is 5.59. The highest BCUT2D eigenvalue weighted by Crippen LogP contribution is 2.29. The number of hydrogen-bond donors (Lipinski definition) is 2. The van der Waals surface area contributed by atoms with Gasteiger partial charge in [0.2, 0.25) is 0 Å². The molecule has 90 valence electrons. The van der Waals surface area contributed by atoms with Gasteiger partial charge in [-0.3, -0.25) is 0 Å². The molecule has 0 spiro atoms. The Kier molecular flexibility index (Phi) is 4.56. The standard InChI is InChI=1S/C12H25NO2/c1-3-11(13,4-2)9-15-10-12(14)7-5-6-8-12/h14H,3-10,13H2,1-2H3. The molecule has 1 aliphatic carbocycles. The molecule has 0 amide bonds. The third-order valence-electron chi connectivity index (χ3n) is 3.70. The maximum absolute atomic E-state index is 10.1. The minimum atomic E-state index is -0.567. The largest absolute Gasteiger partial charge is 0.387 e. The Morgan fingerprint density at radius 2 is 1.80 bits per heavy atom. The number of rotatable bonds is 6. The van der Waals surface area contributed by atoms with Crippen molar-refractivity contribution in [3.8, 4) is 0 Å². The van der Waals surface area contributed by atoms with Gasteiger partial charge in [-0.05, 0) is 25.7 Å². The van der Waals surface area contributed by atoms with Crippen LogP contribution in [0.1, 0.15) is 52.4 Å². The maximum atomic E-state index is 10.1. The van der Waals surface area contributed by atoms with Crippen LogP contribution >= 0.6 is 0 Å². The Morgan fingerprint density at radius 1 is 1.27 bits per heavy atom. The second-order valence-corrected chi connectivity index (χ2v) is 4.99. The number of aliphatic hydroxyl groups is 1. The fourth-order valence-corrected chi connectivity index (χ4v) is 2.08. The van der Waals surface area contributed by atoms with Crippen LogP contribution in [0.4, 0.5) is 0 Å². The molecule has 1 rings (SSSR count). The molecule has 0 heterocycles. The van der Waals surface area contributed by atoms with Crippen LogP contribution in [0.15, 0.2) is 0 Å². The Balaban J connectivity index is 2.25. The lowest BCUT2D eigenvalue weighted by molar-refractivity contribution is -0.0532. The predicted octanol–water partition coefficient (Wildman–Crippen LogP) is 1.83. The van der Waals surface area contributed by atoms with Gasteiger partial charge in [0.05, 0.1) is 18.8 Å². The van der Waals surface area contributed by atoms with Crippen LogP contribution in [0, 0.1) is 0 Å². The Bertz CT molecular complexity index is 180. The normalized spacial score (nSPS) is 20.8. The zero-order valence-electron chi connectivity index (χ0n) is 10.1. The Labute approximate surface area is 93.0 Å². The molecule has 0 saturated heterocycles. The molecule has 0 atom stereocenters. The molecule has 3 heteroatoms. The summed E-state index contributed by atoms with van der Waals surface area (Å²) in [6, 6.07) is 0. The van der Waals surface area contributed by atoms with Crippen LogP contribution < -0.4 is 5.73 Å². The second kappa shape index (κ2) is 5.28. The van der Waals surface area contributed by atoms with E-state index in [9.17, 15) is 5.11 Å². The van der Waals surface area contributed by atoms with E-state index in [0.29, 0.717) is 13.2 Å². The van der Waals surface area contributed by atoms with E-state index in [4.69, 9.17) is 10.5 Å². The average molecular weight is 215 g/mol. The lowest BCUT2D eigenvalue weighted by Crippen LogP contribution is -2.44.